The molecule has 2 aromatic carbocycles. The molecule has 94 valence electrons. The van der Waals surface area contributed by atoms with Gasteiger partial charge in [-0.3, -0.25) is 0 Å². The lowest BCUT2D eigenvalue weighted by Crippen LogP contribution is -2.18. The Hall–Kier alpha value is -1.67. The van der Waals surface area contributed by atoms with Gasteiger partial charge in [0.05, 0.1) is 6.04 Å². The predicted octanol–water partition coefficient (Wildman–Crippen LogP) is 3.75. The Balaban J connectivity index is 2.45. The molecule has 2 aromatic rings. The molecule has 0 bridgehead atoms. The first-order valence-corrected chi connectivity index (χ1v) is 6.12. The number of aryl methyl sites for hydroxylation is 2. The first kappa shape index (κ1) is 12.8. The average Bonchev–Trinajstić information content (AvgIpc) is 2.37. The fourth-order valence-electron chi connectivity index (χ4n) is 2.20. The molecule has 0 amide bonds. The average molecular weight is 243 g/mol. The second-order valence-corrected chi connectivity index (χ2v) is 4.59. The Labute approximate surface area is 108 Å². The summed E-state index contributed by atoms with van der Waals surface area (Å²) in [5, 5.41) is 3.26. The molecule has 0 fully saturated rings. The van der Waals surface area contributed by atoms with Crippen LogP contribution in [0, 0.1) is 19.7 Å². The van der Waals surface area contributed by atoms with E-state index in [-0.39, 0.29) is 11.9 Å². The molecule has 2 rings (SSSR count). The number of hydrogen-bond acceptors (Lipinski definition) is 1. The largest absolute Gasteiger partial charge is 0.309 e. The van der Waals surface area contributed by atoms with E-state index in [1.165, 1.54) is 11.1 Å². The van der Waals surface area contributed by atoms with Crippen LogP contribution in [-0.4, -0.2) is 7.05 Å². The molecule has 1 N–H and O–H groups in total. The van der Waals surface area contributed by atoms with E-state index in [2.05, 4.69) is 24.4 Å². The van der Waals surface area contributed by atoms with Crippen molar-refractivity contribution in [3.05, 3.63) is 70.5 Å². The maximum atomic E-state index is 13.7. The fraction of sp³-hybridized carbons (Fsp3) is 0.250. The Morgan fingerprint density at radius 1 is 1.00 bits per heavy atom. The van der Waals surface area contributed by atoms with Crippen LogP contribution in [0.2, 0.25) is 0 Å². The smallest absolute Gasteiger partial charge is 0.126 e. The number of halogens is 1. The molecule has 0 aliphatic carbocycles. The maximum absolute atomic E-state index is 13.7. The Morgan fingerprint density at radius 3 is 2.33 bits per heavy atom. The van der Waals surface area contributed by atoms with Gasteiger partial charge >= 0.3 is 0 Å². The lowest BCUT2D eigenvalue weighted by molar-refractivity contribution is 0.608. The molecule has 18 heavy (non-hydrogen) atoms. The zero-order chi connectivity index (χ0) is 13.1. The van der Waals surface area contributed by atoms with Crippen LogP contribution >= 0.6 is 0 Å². The lowest BCUT2D eigenvalue weighted by atomic mass is 9.94. The van der Waals surface area contributed by atoms with E-state index in [4.69, 9.17) is 0 Å². The molecule has 1 unspecified atom stereocenters. The van der Waals surface area contributed by atoms with Crippen LogP contribution in [0.1, 0.15) is 28.3 Å². The molecule has 1 atom stereocenters. The minimum atomic E-state index is -0.152. The standard InChI is InChI=1S/C16H18FN/c1-11-6-4-5-7-14(11)16(18-3)13-9-8-12(2)15(17)10-13/h4-10,16,18H,1-3H3. The van der Waals surface area contributed by atoms with Gasteiger partial charge in [0.25, 0.3) is 0 Å². The van der Waals surface area contributed by atoms with Crippen molar-refractivity contribution in [1.82, 2.24) is 5.32 Å². The van der Waals surface area contributed by atoms with Gasteiger partial charge in [-0.1, -0.05) is 36.4 Å². The van der Waals surface area contributed by atoms with Crippen molar-refractivity contribution in [3.8, 4) is 0 Å². The second kappa shape index (κ2) is 5.32. The van der Waals surface area contributed by atoms with E-state index in [0.717, 1.165) is 5.56 Å². The summed E-state index contributed by atoms with van der Waals surface area (Å²) in [5.41, 5.74) is 4.02. The highest BCUT2D eigenvalue weighted by Gasteiger charge is 2.14. The molecule has 0 aliphatic heterocycles. The monoisotopic (exact) mass is 243 g/mol. The maximum Gasteiger partial charge on any atom is 0.126 e. The van der Waals surface area contributed by atoms with Gasteiger partial charge in [-0.15, -0.1) is 0 Å². The van der Waals surface area contributed by atoms with E-state index in [1.807, 2.05) is 31.3 Å². The number of rotatable bonds is 3. The van der Waals surface area contributed by atoms with Gasteiger partial charge in [-0.25, -0.2) is 4.39 Å². The number of hydrogen-bond donors (Lipinski definition) is 1. The third-order valence-electron chi connectivity index (χ3n) is 3.32. The zero-order valence-corrected chi connectivity index (χ0v) is 11.0. The highest BCUT2D eigenvalue weighted by atomic mass is 19.1. The highest BCUT2D eigenvalue weighted by Crippen LogP contribution is 2.25. The Bertz CT molecular complexity index is 549. The van der Waals surface area contributed by atoms with Crippen molar-refractivity contribution in [1.29, 1.82) is 0 Å². The molecule has 1 nitrogen and oxygen atoms in total. The second-order valence-electron chi connectivity index (χ2n) is 4.59. The van der Waals surface area contributed by atoms with E-state index in [1.54, 1.807) is 13.0 Å². The molecule has 0 saturated carbocycles. The molecular weight excluding hydrogens is 225 g/mol. The first-order valence-electron chi connectivity index (χ1n) is 6.12. The lowest BCUT2D eigenvalue weighted by Gasteiger charge is -2.19. The molecule has 0 spiro atoms. The van der Waals surface area contributed by atoms with Gasteiger partial charge in [0.15, 0.2) is 0 Å². The summed E-state index contributed by atoms with van der Waals surface area (Å²) >= 11 is 0. The van der Waals surface area contributed by atoms with Crippen molar-refractivity contribution in [3.63, 3.8) is 0 Å². The Kier molecular flexibility index (Phi) is 3.78. The zero-order valence-electron chi connectivity index (χ0n) is 11.0. The van der Waals surface area contributed by atoms with Crippen LogP contribution in [0.5, 0.6) is 0 Å². The van der Waals surface area contributed by atoms with E-state index in [0.29, 0.717) is 5.56 Å². The summed E-state index contributed by atoms with van der Waals surface area (Å²) in [6.45, 7) is 3.85. The molecular formula is C16H18FN. The summed E-state index contributed by atoms with van der Waals surface area (Å²) in [7, 11) is 1.90. The van der Waals surface area contributed by atoms with Gasteiger partial charge in [-0.2, -0.15) is 0 Å². The van der Waals surface area contributed by atoms with Crippen LogP contribution < -0.4 is 5.32 Å². The van der Waals surface area contributed by atoms with Gasteiger partial charge in [-0.05, 0) is 49.2 Å². The third-order valence-corrected chi connectivity index (χ3v) is 3.32. The van der Waals surface area contributed by atoms with E-state index >= 15 is 0 Å². The summed E-state index contributed by atoms with van der Waals surface area (Å²) < 4.78 is 13.7. The van der Waals surface area contributed by atoms with Gasteiger partial charge in [0.1, 0.15) is 5.82 Å². The van der Waals surface area contributed by atoms with E-state index in [9.17, 15) is 4.39 Å². The van der Waals surface area contributed by atoms with Crippen molar-refractivity contribution in [2.75, 3.05) is 7.05 Å². The SMILES string of the molecule is CNC(c1ccc(C)c(F)c1)c1ccccc1C. The van der Waals surface area contributed by atoms with Crippen LogP contribution in [0.3, 0.4) is 0 Å². The topological polar surface area (TPSA) is 12.0 Å². The van der Waals surface area contributed by atoms with Crippen LogP contribution in [-0.2, 0) is 0 Å². The number of benzene rings is 2. The van der Waals surface area contributed by atoms with Gasteiger partial charge in [0.2, 0.25) is 0 Å². The molecule has 0 heterocycles. The third kappa shape index (κ3) is 2.44. The van der Waals surface area contributed by atoms with Crippen molar-refractivity contribution in [2.24, 2.45) is 0 Å². The fourth-order valence-corrected chi connectivity index (χ4v) is 2.20. The molecule has 0 radical (unpaired) electrons. The number of nitrogens with one attached hydrogen (secondary N) is 1. The molecule has 2 heteroatoms. The first-order chi connectivity index (χ1) is 8.63. The van der Waals surface area contributed by atoms with Crippen LogP contribution in [0.4, 0.5) is 4.39 Å². The van der Waals surface area contributed by atoms with Crippen molar-refractivity contribution < 1.29 is 4.39 Å². The van der Waals surface area contributed by atoms with Crippen molar-refractivity contribution >= 4 is 0 Å². The predicted molar refractivity (Wildman–Crippen MR) is 73.2 cm³/mol. The summed E-state index contributed by atoms with van der Waals surface area (Å²) in [6.07, 6.45) is 0. The molecule has 0 saturated heterocycles. The minimum Gasteiger partial charge on any atom is -0.309 e. The quantitative estimate of drug-likeness (QED) is 0.865. The molecule has 0 aromatic heterocycles. The van der Waals surface area contributed by atoms with Crippen LogP contribution in [0.15, 0.2) is 42.5 Å². The normalized spacial score (nSPS) is 12.4. The summed E-state index contributed by atoms with van der Waals surface area (Å²) in [4.78, 5) is 0. The molecule has 0 aliphatic rings. The van der Waals surface area contributed by atoms with Gasteiger partial charge in [0, 0.05) is 0 Å². The van der Waals surface area contributed by atoms with Crippen LogP contribution in [0.25, 0.3) is 0 Å². The van der Waals surface area contributed by atoms with Gasteiger partial charge < -0.3 is 5.32 Å². The Morgan fingerprint density at radius 2 is 1.72 bits per heavy atom. The summed E-state index contributed by atoms with van der Waals surface area (Å²) in [5.74, 6) is -0.152. The van der Waals surface area contributed by atoms with E-state index < -0.39 is 0 Å². The minimum absolute atomic E-state index is 0.0290. The highest BCUT2D eigenvalue weighted by molar-refractivity contribution is 5.37. The summed E-state index contributed by atoms with van der Waals surface area (Å²) in [6, 6.07) is 13.6. The van der Waals surface area contributed by atoms with Crippen molar-refractivity contribution in [2.45, 2.75) is 19.9 Å².